The van der Waals surface area contributed by atoms with Gasteiger partial charge in [-0.25, -0.2) is 9.18 Å². The maximum absolute atomic E-state index is 13.8. The minimum atomic E-state index is -1.28. The number of benzene rings is 1. The number of pyridine rings is 1. The fourth-order valence-corrected chi connectivity index (χ4v) is 2.49. The Balaban J connectivity index is 2.54. The Morgan fingerprint density at radius 2 is 2.16 bits per heavy atom. The summed E-state index contributed by atoms with van der Waals surface area (Å²) in [4.78, 5) is 23.2. The molecule has 0 radical (unpaired) electrons. The van der Waals surface area contributed by atoms with E-state index in [1.165, 1.54) is 18.3 Å². The molecule has 0 spiro atoms. The molecular weight excluding hydrogens is 251 g/mol. The van der Waals surface area contributed by atoms with E-state index in [1.54, 1.807) is 16.7 Å². The second-order valence-electron chi connectivity index (χ2n) is 4.57. The van der Waals surface area contributed by atoms with Gasteiger partial charge in [0.2, 0.25) is 5.43 Å². The number of nitrogens with zero attached hydrogens (tertiary/aromatic N) is 2. The minimum absolute atomic E-state index is 0.239. The predicted octanol–water partition coefficient (Wildman–Crippen LogP) is 0.963. The van der Waals surface area contributed by atoms with Gasteiger partial charge in [-0.05, 0) is 18.6 Å². The molecule has 1 aliphatic rings. The van der Waals surface area contributed by atoms with Crippen LogP contribution in [0.25, 0.3) is 10.9 Å². The van der Waals surface area contributed by atoms with Gasteiger partial charge in [0.15, 0.2) is 0 Å². The maximum Gasteiger partial charge on any atom is 0.341 e. The summed E-state index contributed by atoms with van der Waals surface area (Å²) in [5.41, 5.74) is 0.0440. The number of carbonyl (C=O) groups is 1. The lowest BCUT2D eigenvalue weighted by Gasteiger charge is -2.30. The fourth-order valence-electron chi connectivity index (χ4n) is 2.49. The van der Waals surface area contributed by atoms with Crippen molar-refractivity contribution in [1.82, 2.24) is 4.68 Å². The summed E-state index contributed by atoms with van der Waals surface area (Å²) < 4.78 is 15.3. The first kappa shape index (κ1) is 11.7. The molecule has 0 unspecified atom stereocenters. The van der Waals surface area contributed by atoms with Gasteiger partial charge < -0.3 is 10.1 Å². The van der Waals surface area contributed by atoms with Crippen molar-refractivity contribution in [2.24, 2.45) is 0 Å². The van der Waals surface area contributed by atoms with Crippen LogP contribution in [0, 0.1) is 5.82 Å². The summed E-state index contributed by atoms with van der Waals surface area (Å²) in [6.07, 6.45) is 1.75. The van der Waals surface area contributed by atoms with Gasteiger partial charge in [0, 0.05) is 30.7 Å². The first-order valence-corrected chi connectivity index (χ1v) is 5.82. The Bertz CT molecular complexity index is 767. The van der Waals surface area contributed by atoms with E-state index in [4.69, 9.17) is 5.11 Å². The van der Waals surface area contributed by atoms with Crippen LogP contribution in [-0.2, 0) is 6.42 Å². The van der Waals surface area contributed by atoms with Crippen molar-refractivity contribution in [3.8, 4) is 0 Å². The molecule has 2 heterocycles. The van der Waals surface area contributed by atoms with Gasteiger partial charge in [-0.2, -0.15) is 0 Å². The van der Waals surface area contributed by atoms with Crippen LogP contribution in [0.1, 0.15) is 15.9 Å². The van der Waals surface area contributed by atoms with Crippen LogP contribution < -0.4 is 10.4 Å². The van der Waals surface area contributed by atoms with E-state index in [-0.39, 0.29) is 16.8 Å². The molecule has 0 saturated carbocycles. The van der Waals surface area contributed by atoms with Crippen molar-refractivity contribution < 1.29 is 14.3 Å². The Morgan fingerprint density at radius 3 is 2.84 bits per heavy atom. The molecule has 0 bridgehead atoms. The van der Waals surface area contributed by atoms with E-state index in [9.17, 15) is 14.0 Å². The molecule has 98 valence electrons. The summed E-state index contributed by atoms with van der Waals surface area (Å²) in [6.45, 7) is 0.560. The number of aromatic carboxylic acids is 1. The quantitative estimate of drug-likeness (QED) is 0.831. The number of halogens is 1. The normalized spacial score (nSPS) is 13.9. The SMILES string of the molecule is CN1CCc2c(F)ccc3c(=O)c(C(=O)O)cn1c23. The Kier molecular flexibility index (Phi) is 2.35. The van der Waals surface area contributed by atoms with Crippen molar-refractivity contribution >= 4 is 16.9 Å². The zero-order valence-corrected chi connectivity index (χ0v) is 10.2. The second kappa shape index (κ2) is 3.81. The average molecular weight is 262 g/mol. The third kappa shape index (κ3) is 1.53. The van der Waals surface area contributed by atoms with Crippen LogP contribution in [0.5, 0.6) is 0 Å². The molecule has 1 aromatic heterocycles. The van der Waals surface area contributed by atoms with E-state index >= 15 is 0 Å². The van der Waals surface area contributed by atoms with Gasteiger partial charge in [0.25, 0.3) is 0 Å². The lowest BCUT2D eigenvalue weighted by molar-refractivity contribution is 0.0695. The summed E-state index contributed by atoms with van der Waals surface area (Å²) >= 11 is 0. The molecule has 6 heteroatoms. The monoisotopic (exact) mass is 262 g/mol. The van der Waals surface area contributed by atoms with Crippen LogP contribution in [-0.4, -0.2) is 29.3 Å². The van der Waals surface area contributed by atoms with Gasteiger partial charge in [-0.3, -0.25) is 9.47 Å². The number of likely N-dealkylation sites (N-methyl/N-ethyl adjacent to an activating group) is 1. The molecule has 0 amide bonds. The third-order valence-electron chi connectivity index (χ3n) is 3.48. The second-order valence-corrected chi connectivity index (χ2v) is 4.57. The summed E-state index contributed by atoms with van der Waals surface area (Å²) in [5.74, 6) is -1.64. The van der Waals surface area contributed by atoms with Gasteiger partial charge in [-0.15, -0.1) is 0 Å². The maximum atomic E-state index is 13.8. The molecule has 1 aliphatic heterocycles. The van der Waals surface area contributed by atoms with Crippen LogP contribution in [0.4, 0.5) is 4.39 Å². The highest BCUT2D eigenvalue weighted by Gasteiger charge is 2.23. The first-order valence-electron chi connectivity index (χ1n) is 5.82. The minimum Gasteiger partial charge on any atom is -0.477 e. The molecule has 0 fully saturated rings. The van der Waals surface area contributed by atoms with E-state index < -0.39 is 11.4 Å². The first-order chi connectivity index (χ1) is 9.00. The summed E-state index contributed by atoms with van der Waals surface area (Å²) in [6, 6.07) is 2.57. The van der Waals surface area contributed by atoms with Crippen molar-refractivity contribution in [3.63, 3.8) is 0 Å². The molecular formula is C13H11FN2O3. The topological polar surface area (TPSA) is 62.5 Å². The number of hydrogen-bond acceptors (Lipinski definition) is 3. The molecule has 0 atom stereocenters. The Labute approximate surface area is 107 Å². The summed E-state index contributed by atoms with van der Waals surface area (Å²) in [5, 5.41) is 11.1. The van der Waals surface area contributed by atoms with E-state index in [0.717, 1.165) is 0 Å². The Hall–Kier alpha value is -2.37. The van der Waals surface area contributed by atoms with Crippen LogP contribution in [0.15, 0.2) is 23.1 Å². The standard InChI is InChI=1S/C13H11FN2O3/c1-15-5-4-7-10(14)3-2-8-11(7)16(15)6-9(12(8)17)13(18)19/h2-3,6H,4-5H2,1H3,(H,18,19). The van der Waals surface area contributed by atoms with E-state index in [1.807, 2.05) is 0 Å². The predicted molar refractivity (Wildman–Crippen MR) is 67.8 cm³/mol. The molecule has 1 aromatic carbocycles. The zero-order chi connectivity index (χ0) is 13.7. The highest BCUT2D eigenvalue weighted by atomic mass is 19.1. The lowest BCUT2D eigenvalue weighted by atomic mass is 10.0. The molecule has 0 aliphatic carbocycles. The van der Waals surface area contributed by atoms with E-state index in [2.05, 4.69) is 0 Å². The molecule has 3 rings (SSSR count). The number of carboxylic acids is 1. The summed E-state index contributed by atoms with van der Waals surface area (Å²) in [7, 11) is 1.77. The number of aromatic nitrogens is 1. The van der Waals surface area contributed by atoms with Crippen molar-refractivity contribution in [2.75, 3.05) is 18.6 Å². The molecule has 2 aromatic rings. The smallest absolute Gasteiger partial charge is 0.341 e. The van der Waals surface area contributed by atoms with Gasteiger partial charge in [-0.1, -0.05) is 0 Å². The zero-order valence-electron chi connectivity index (χ0n) is 10.2. The van der Waals surface area contributed by atoms with Crippen molar-refractivity contribution in [3.05, 3.63) is 45.5 Å². The molecule has 0 saturated heterocycles. The highest BCUT2D eigenvalue weighted by Crippen LogP contribution is 2.24. The highest BCUT2D eigenvalue weighted by molar-refractivity contribution is 5.93. The Morgan fingerprint density at radius 1 is 1.42 bits per heavy atom. The van der Waals surface area contributed by atoms with Crippen LogP contribution in [0.2, 0.25) is 0 Å². The van der Waals surface area contributed by atoms with Gasteiger partial charge in [0.1, 0.15) is 11.4 Å². The molecule has 5 nitrogen and oxygen atoms in total. The van der Waals surface area contributed by atoms with E-state index in [0.29, 0.717) is 24.0 Å². The average Bonchev–Trinajstić information content (AvgIpc) is 2.37. The largest absolute Gasteiger partial charge is 0.477 e. The fraction of sp³-hybridized carbons (Fsp3) is 0.231. The molecule has 1 N–H and O–H groups in total. The van der Waals surface area contributed by atoms with Crippen molar-refractivity contribution in [2.45, 2.75) is 6.42 Å². The molecule has 19 heavy (non-hydrogen) atoms. The number of rotatable bonds is 1. The van der Waals surface area contributed by atoms with Gasteiger partial charge in [0.05, 0.1) is 5.52 Å². The third-order valence-corrected chi connectivity index (χ3v) is 3.48. The van der Waals surface area contributed by atoms with Crippen LogP contribution in [0.3, 0.4) is 0 Å². The van der Waals surface area contributed by atoms with Crippen LogP contribution >= 0.6 is 0 Å². The van der Waals surface area contributed by atoms with Crippen molar-refractivity contribution in [1.29, 1.82) is 0 Å². The lowest BCUT2D eigenvalue weighted by Crippen LogP contribution is -2.38. The van der Waals surface area contributed by atoms with Gasteiger partial charge >= 0.3 is 5.97 Å². The number of hydrogen-bond donors (Lipinski definition) is 1. The number of carboxylic acid groups (broad SMARTS) is 1.